The Morgan fingerprint density at radius 2 is 1.90 bits per heavy atom. The fraction of sp³-hybridized carbons (Fsp3) is 0.909. The number of hydrogen-bond donors (Lipinski definition) is 3. The van der Waals surface area contributed by atoms with Crippen LogP contribution in [0.25, 0.3) is 0 Å². The van der Waals surface area contributed by atoms with Gasteiger partial charge >= 0.3 is 6.03 Å². The number of amides is 2. The van der Waals surface area contributed by atoms with Gasteiger partial charge in [-0.05, 0) is 97.2 Å². The molecule has 0 saturated heterocycles. The second kappa shape index (κ2) is 13.6. The molecule has 8 heteroatoms. The van der Waals surface area contributed by atoms with E-state index in [2.05, 4.69) is 51.3 Å². The number of aliphatic hydroxyl groups excluding tert-OH is 2. The van der Waals surface area contributed by atoms with Gasteiger partial charge in [0.15, 0.2) is 0 Å². The van der Waals surface area contributed by atoms with Crippen molar-refractivity contribution in [2.45, 2.75) is 105 Å². The van der Waals surface area contributed by atoms with Gasteiger partial charge in [-0.3, -0.25) is 0 Å². The molecule has 7 nitrogen and oxygen atoms in total. The molecule has 5 unspecified atom stereocenters. The van der Waals surface area contributed by atoms with E-state index in [9.17, 15) is 19.9 Å². The number of hydrogen-bond acceptors (Lipinski definition) is 5. The fourth-order valence-corrected chi connectivity index (χ4v) is 10.2. The summed E-state index contributed by atoms with van der Waals surface area (Å²) >= 11 is 5.75. The molecular weight excluding hydrogens is 538 g/mol. The molecule has 0 aromatic heterocycles. The second-order valence-electron chi connectivity index (χ2n) is 14.9. The van der Waals surface area contributed by atoms with E-state index in [0.29, 0.717) is 30.1 Å². The van der Waals surface area contributed by atoms with Crippen molar-refractivity contribution in [3.05, 3.63) is 16.6 Å². The standard InChI is InChI=1S/C33H56ClN3O4/c1-21(2)7-6-8-22(3)27-9-10-28-30-26(23(20-38)19-35-31(40)37(36-41)16-15-34)18-24-17-25(39)11-13-32(24,4)29(30)12-14-33(27,28)5/h18,21-23,25-30,38-39H,6-17,19-20H2,1-5H3,(H,35,40)/t22-,23?,25+,26?,27-,28?,29?,30?,32+,33-/m1/s1. The molecule has 3 fully saturated rings. The van der Waals surface area contributed by atoms with Crippen LogP contribution in [0, 0.1) is 63.1 Å². The maximum absolute atomic E-state index is 12.7. The van der Waals surface area contributed by atoms with Gasteiger partial charge < -0.3 is 15.5 Å². The number of carbonyl (C=O) groups is 1. The summed E-state index contributed by atoms with van der Waals surface area (Å²) in [4.78, 5) is 23.9. The molecule has 0 aromatic carbocycles. The molecule has 0 aliphatic heterocycles. The van der Waals surface area contributed by atoms with Crippen LogP contribution in [0.5, 0.6) is 0 Å². The summed E-state index contributed by atoms with van der Waals surface area (Å²) in [5, 5.41) is 27.9. The summed E-state index contributed by atoms with van der Waals surface area (Å²) in [6.45, 7) is 12.4. The van der Waals surface area contributed by atoms with Gasteiger partial charge in [-0.1, -0.05) is 65.5 Å². The lowest BCUT2D eigenvalue weighted by Crippen LogP contribution is -2.55. The highest BCUT2D eigenvalue weighted by atomic mass is 35.5. The topological polar surface area (TPSA) is 102 Å². The SMILES string of the molecule is CC(C)CCC[C@@H](C)[C@H]1CCC2C3C(C(CO)CNC(=O)N(CCCl)N=O)C=C4C[C@@H](O)CC[C@]4(C)C3CC[C@@]21C. The van der Waals surface area contributed by atoms with E-state index in [-0.39, 0.29) is 54.3 Å². The molecule has 0 aromatic rings. The van der Waals surface area contributed by atoms with Crippen LogP contribution in [0.3, 0.4) is 0 Å². The smallest absolute Gasteiger partial charge is 0.340 e. The van der Waals surface area contributed by atoms with Gasteiger partial charge in [0.25, 0.3) is 0 Å². The first kappa shape index (κ1) is 32.7. The van der Waals surface area contributed by atoms with Gasteiger partial charge in [0.2, 0.25) is 0 Å². The van der Waals surface area contributed by atoms with E-state index in [1.165, 1.54) is 50.5 Å². The lowest BCUT2D eigenvalue weighted by atomic mass is 9.44. The number of nitrogens with one attached hydrogen (secondary N) is 1. The van der Waals surface area contributed by atoms with Crippen molar-refractivity contribution >= 4 is 17.6 Å². The van der Waals surface area contributed by atoms with Crippen LogP contribution in [0.1, 0.15) is 98.8 Å². The predicted molar refractivity (Wildman–Crippen MR) is 165 cm³/mol. The second-order valence-corrected chi connectivity index (χ2v) is 15.3. The van der Waals surface area contributed by atoms with Gasteiger partial charge in [-0.2, -0.15) is 5.01 Å². The zero-order valence-corrected chi connectivity index (χ0v) is 26.9. The van der Waals surface area contributed by atoms with Crippen molar-refractivity contribution in [3.63, 3.8) is 0 Å². The Morgan fingerprint density at radius 3 is 2.56 bits per heavy atom. The average Bonchev–Trinajstić information content (AvgIpc) is 3.29. The largest absolute Gasteiger partial charge is 0.396 e. The Hall–Kier alpha value is -1.18. The number of aliphatic hydroxyl groups is 2. The number of fused-ring (bicyclic) bond motifs is 5. The third kappa shape index (κ3) is 6.52. The van der Waals surface area contributed by atoms with E-state index in [4.69, 9.17) is 11.6 Å². The van der Waals surface area contributed by atoms with Crippen LogP contribution in [-0.4, -0.2) is 52.9 Å². The molecule has 0 radical (unpaired) electrons. The minimum absolute atomic E-state index is 0.0420. The molecule has 4 aliphatic carbocycles. The minimum Gasteiger partial charge on any atom is -0.396 e. The van der Waals surface area contributed by atoms with Crippen LogP contribution in [0.15, 0.2) is 16.9 Å². The normalized spacial score (nSPS) is 37.8. The first-order chi connectivity index (χ1) is 19.5. The lowest BCUT2D eigenvalue weighted by molar-refractivity contribution is -0.0877. The van der Waals surface area contributed by atoms with Crippen LogP contribution < -0.4 is 5.32 Å². The van der Waals surface area contributed by atoms with E-state index in [1.807, 2.05) is 0 Å². The summed E-state index contributed by atoms with van der Waals surface area (Å²) in [6.07, 6.45) is 13.6. The molecule has 4 aliphatic rings. The molecular formula is C33H56ClN3O4. The molecule has 41 heavy (non-hydrogen) atoms. The Labute approximate surface area is 253 Å². The lowest BCUT2D eigenvalue weighted by Gasteiger charge is -2.61. The Balaban J connectivity index is 1.62. The number of urea groups is 1. The highest BCUT2D eigenvalue weighted by Crippen LogP contribution is 2.69. The first-order valence-corrected chi connectivity index (χ1v) is 17.0. The molecule has 2 amide bonds. The van der Waals surface area contributed by atoms with Gasteiger partial charge in [0.05, 0.1) is 17.9 Å². The van der Waals surface area contributed by atoms with Crippen LogP contribution in [0.4, 0.5) is 4.79 Å². The zero-order valence-electron chi connectivity index (χ0n) is 26.2. The summed E-state index contributed by atoms with van der Waals surface area (Å²) in [5.41, 5.74) is 1.73. The van der Waals surface area contributed by atoms with Crippen molar-refractivity contribution in [1.82, 2.24) is 10.3 Å². The summed E-state index contributed by atoms with van der Waals surface area (Å²) in [7, 11) is 0. The molecule has 3 saturated carbocycles. The zero-order chi connectivity index (χ0) is 29.9. The monoisotopic (exact) mass is 593 g/mol. The fourth-order valence-electron chi connectivity index (χ4n) is 10.1. The van der Waals surface area contributed by atoms with Crippen LogP contribution in [-0.2, 0) is 0 Å². The molecule has 0 bridgehead atoms. The van der Waals surface area contributed by atoms with Crippen LogP contribution in [0.2, 0.25) is 0 Å². The van der Waals surface area contributed by atoms with E-state index in [1.54, 1.807) is 0 Å². The van der Waals surface area contributed by atoms with Crippen molar-refractivity contribution in [2.24, 2.45) is 63.5 Å². The number of allylic oxidation sites excluding steroid dienone is 1. The number of halogens is 1. The highest BCUT2D eigenvalue weighted by molar-refractivity contribution is 6.18. The number of nitroso groups, excluding NO2 is 1. The third-order valence-electron chi connectivity index (χ3n) is 12.3. The predicted octanol–water partition coefficient (Wildman–Crippen LogP) is 7.16. The number of rotatable bonds is 12. The molecule has 3 N–H and O–H groups in total. The van der Waals surface area contributed by atoms with E-state index >= 15 is 0 Å². The maximum Gasteiger partial charge on any atom is 0.340 e. The average molecular weight is 594 g/mol. The number of nitrogens with zero attached hydrogens (tertiary/aromatic N) is 2. The number of alkyl halides is 1. The third-order valence-corrected chi connectivity index (χ3v) is 12.5. The van der Waals surface area contributed by atoms with Gasteiger partial charge in [-0.25, -0.2) is 4.79 Å². The maximum atomic E-state index is 12.7. The molecule has 4 rings (SSSR count). The van der Waals surface area contributed by atoms with Gasteiger partial charge in [0.1, 0.15) is 0 Å². The molecule has 0 heterocycles. The van der Waals surface area contributed by atoms with Crippen molar-refractivity contribution in [3.8, 4) is 0 Å². The van der Waals surface area contributed by atoms with Gasteiger partial charge in [0, 0.05) is 24.9 Å². The first-order valence-electron chi connectivity index (χ1n) is 16.4. The quantitative estimate of drug-likeness (QED) is 0.0967. The minimum atomic E-state index is -0.568. The molecule has 0 spiro atoms. The van der Waals surface area contributed by atoms with Crippen molar-refractivity contribution in [2.75, 3.05) is 25.6 Å². The Kier molecular flexibility index (Phi) is 10.9. The molecule has 234 valence electrons. The highest BCUT2D eigenvalue weighted by Gasteiger charge is 2.61. The van der Waals surface area contributed by atoms with Gasteiger partial charge in [-0.15, -0.1) is 16.5 Å². The molecule has 10 atom stereocenters. The van der Waals surface area contributed by atoms with E-state index < -0.39 is 6.03 Å². The Morgan fingerprint density at radius 1 is 1.15 bits per heavy atom. The summed E-state index contributed by atoms with van der Waals surface area (Å²) < 4.78 is 0. The van der Waals surface area contributed by atoms with Crippen LogP contribution >= 0.6 is 11.6 Å². The summed E-state index contributed by atoms with van der Waals surface area (Å²) in [5.74, 6) is 3.79. The Bertz CT molecular complexity index is 945. The number of carbonyl (C=O) groups excluding carboxylic acids is 1. The van der Waals surface area contributed by atoms with Crippen molar-refractivity contribution in [1.29, 1.82) is 0 Å². The summed E-state index contributed by atoms with van der Waals surface area (Å²) in [6, 6.07) is -0.568. The van der Waals surface area contributed by atoms with E-state index in [0.717, 1.165) is 29.7 Å². The van der Waals surface area contributed by atoms with Crippen molar-refractivity contribution < 1.29 is 15.0 Å².